The zero-order chi connectivity index (χ0) is 21.3. The standard InChI is InChI=1S/C17H12Cl3F3N4O2/c1-8(29-13-3-2-9(18)5-12(13)20)16(28)24-6-14-25-26-15-11(17(21,22)23)4-10(19)7-27(14)15/h2-5,7-8H,6H2,1H3,(H,24,28)/t8-/m1/s1. The van der Waals surface area contributed by atoms with Gasteiger partial charge >= 0.3 is 6.18 Å². The second kappa shape index (κ2) is 8.25. The van der Waals surface area contributed by atoms with Gasteiger partial charge in [0.1, 0.15) is 11.3 Å². The summed E-state index contributed by atoms with van der Waals surface area (Å²) in [6.45, 7) is 1.29. The molecule has 3 rings (SSSR count). The maximum Gasteiger partial charge on any atom is 0.420 e. The number of amides is 1. The molecular weight excluding hydrogens is 456 g/mol. The normalized spacial score (nSPS) is 12.8. The number of ether oxygens (including phenoxy) is 1. The summed E-state index contributed by atoms with van der Waals surface area (Å²) in [5.41, 5.74) is -1.44. The summed E-state index contributed by atoms with van der Waals surface area (Å²) in [5, 5.41) is 10.3. The molecule has 154 valence electrons. The van der Waals surface area contributed by atoms with E-state index in [1.165, 1.54) is 25.3 Å². The van der Waals surface area contributed by atoms with Gasteiger partial charge in [0.25, 0.3) is 5.91 Å². The Morgan fingerprint density at radius 1 is 1.21 bits per heavy atom. The minimum atomic E-state index is -4.65. The lowest BCUT2D eigenvalue weighted by molar-refractivity contribution is -0.136. The number of hydrogen-bond acceptors (Lipinski definition) is 4. The van der Waals surface area contributed by atoms with Crippen molar-refractivity contribution in [1.82, 2.24) is 19.9 Å². The number of hydrogen-bond donors (Lipinski definition) is 1. The van der Waals surface area contributed by atoms with Crippen LogP contribution >= 0.6 is 34.8 Å². The fraction of sp³-hybridized carbons (Fsp3) is 0.235. The maximum atomic E-state index is 13.1. The van der Waals surface area contributed by atoms with Gasteiger partial charge in [-0.25, -0.2) is 0 Å². The fourth-order valence-electron chi connectivity index (χ4n) is 2.46. The Morgan fingerprint density at radius 3 is 2.59 bits per heavy atom. The number of halogens is 6. The van der Waals surface area contributed by atoms with Crippen LogP contribution in [0, 0.1) is 0 Å². The van der Waals surface area contributed by atoms with Gasteiger partial charge in [-0.3, -0.25) is 9.20 Å². The van der Waals surface area contributed by atoms with E-state index in [2.05, 4.69) is 15.5 Å². The van der Waals surface area contributed by atoms with Gasteiger partial charge in [-0.15, -0.1) is 10.2 Å². The van der Waals surface area contributed by atoms with E-state index < -0.39 is 29.4 Å². The van der Waals surface area contributed by atoms with Gasteiger partial charge in [0.2, 0.25) is 0 Å². The highest BCUT2D eigenvalue weighted by Gasteiger charge is 2.35. The van der Waals surface area contributed by atoms with Crippen LogP contribution in [-0.4, -0.2) is 26.6 Å². The second-order valence-electron chi connectivity index (χ2n) is 5.93. The van der Waals surface area contributed by atoms with Gasteiger partial charge in [0, 0.05) is 11.2 Å². The lowest BCUT2D eigenvalue weighted by Gasteiger charge is -2.15. The average molecular weight is 468 g/mol. The Morgan fingerprint density at radius 2 is 1.93 bits per heavy atom. The predicted molar refractivity (Wildman–Crippen MR) is 101 cm³/mol. The van der Waals surface area contributed by atoms with Crippen LogP contribution in [0.3, 0.4) is 0 Å². The van der Waals surface area contributed by atoms with Gasteiger partial charge in [-0.05, 0) is 31.2 Å². The van der Waals surface area contributed by atoms with Crippen molar-refractivity contribution in [2.75, 3.05) is 0 Å². The molecule has 1 amide bonds. The van der Waals surface area contributed by atoms with Crippen LogP contribution in [0.2, 0.25) is 15.1 Å². The molecule has 3 aromatic rings. The second-order valence-corrected chi connectivity index (χ2v) is 7.21. The molecule has 29 heavy (non-hydrogen) atoms. The third kappa shape index (κ3) is 4.85. The Hall–Kier alpha value is -2.23. The smallest absolute Gasteiger partial charge is 0.420 e. The van der Waals surface area contributed by atoms with Crippen molar-refractivity contribution in [3.05, 3.63) is 56.9 Å². The summed E-state index contributed by atoms with van der Waals surface area (Å²) in [6.07, 6.45) is -4.36. The Labute approximate surface area is 177 Å². The average Bonchev–Trinajstić information content (AvgIpc) is 3.03. The number of carbonyl (C=O) groups is 1. The van der Waals surface area contributed by atoms with Gasteiger partial charge in [-0.1, -0.05) is 34.8 Å². The SMILES string of the molecule is C[C@@H](Oc1ccc(Cl)cc1Cl)C(=O)NCc1nnc2c(C(F)(F)F)cc(Cl)cn12. The van der Waals surface area contributed by atoms with Crippen LogP contribution < -0.4 is 10.1 Å². The van der Waals surface area contributed by atoms with E-state index in [-0.39, 0.29) is 28.2 Å². The molecule has 0 spiro atoms. The monoisotopic (exact) mass is 466 g/mol. The molecule has 1 atom stereocenters. The third-order valence-electron chi connectivity index (χ3n) is 3.84. The van der Waals surface area contributed by atoms with Crippen LogP contribution in [0.4, 0.5) is 13.2 Å². The lowest BCUT2D eigenvalue weighted by Crippen LogP contribution is -2.36. The van der Waals surface area contributed by atoms with Crippen LogP contribution in [0.25, 0.3) is 5.65 Å². The molecule has 0 aliphatic carbocycles. The Kier molecular flexibility index (Phi) is 6.11. The number of nitrogens with one attached hydrogen (secondary N) is 1. The largest absolute Gasteiger partial charge is 0.479 e. The van der Waals surface area contributed by atoms with E-state index >= 15 is 0 Å². The van der Waals surface area contributed by atoms with Crippen LogP contribution in [0.15, 0.2) is 30.5 Å². The van der Waals surface area contributed by atoms with E-state index in [4.69, 9.17) is 39.5 Å². The molecule has 12 heteroatoms. The molecule has 0 fully saturated rings. The molecule has 0 saturated carbocycles. The first-order valence-electron chi connectivity index (χ1n) is 8.06. The summed E-state index contributed by atoms with van der Waals surface area (Å²) in [4.78, 5) is 12.3. The molecule has 6 nitrogen and oxygen atoms in total. The summed E-state index contributed by atoms with van der Waals surface area (Å²) in [7, 11) is 0. The Bertz CT molecular complexity index is 1070. The van der Waals surface area contributed by atoms with Gasteiger partial charge in [0.05, 0.1) is 16.6 Å². The van der Waals surface area contributed by atoms with Crippen molar-refractivity contribution < 1.29 is 22.7 Å². The third-order valence-corrected chi connectivity index (χ3v) is 4.57. The molecule has 0 unspecified atom stereocenters. The highest BCUT2D eigenvalue weighted by molar-refractivity contribution is 6.35. The van der Waals surface area contributed by atoms with Crippen molar-refractivity contribution in [3.8, 4) is 5.75 Å². The molecule has 1 aromatic carbocycles. The first-order valence-corrected chi connectivity index (χ1v) is 9.19. The van der Waals surface area contributed by atoms with Crippen LogP contribution in [0.5, 0.6) is 5.75 Å². The summed E-state index contributed by atoms with van der Waals surface area (Å²) in [5.74, 6) is -0.211. The Balaban J connectivity index is 1.73. The van der Waals surface area contributed by atoms with Crippen molar-refractivity contribution in [2.45, 2.75) is 25.7 Å². The first-order chi connectivity index (χ1) is 13.6. The highest BCUT2D eigenvalue weighted by Crippen LogP contribution is 2.33. The number of nitrogens with zero attached hydrogens (tertiary/aromatic N) is 3. The van der Waals surface area contributed by atoms with Gasteiger partial charge in [0.15, 0.2) is 17.6 Å². The number of fused-ring (bicyclic) bond motifs is 1. The highest BCUT2D eigenvalue weighted by atomic mass is 35.5. The van der Waals surface area contributed by atoms with Gasteiger partial charge in [-0.2, -0.15) is 13.2 Å². The predicted octanol–water partition coefficient (Wildman–Crippen LogP) is 4.79. The number of rotatable bonds is 5. The van der Waals surface area contributed by atoms with Gasteiger partial charge < -0.3 is 10.1 Å². The molecule has 1 N–H and O–H groups in total. The molecule has 0 bridgehead atoms. The van der Waals surface area contributed by atoms with Crippen molar-refractivity contribution in [3.63, 3.8) is 0 Å². The number of alkyl halides is 3. The summed E-state index contributed by atoms with van der Waals surface area (Å²) < 4.78 is 46.0. The topological polar surface area (TPSA) is 68.5 Å². The van der Waals surface area contributed by atoms with Crippen molar-refractivity contribution in [2.24, 2.45) is 0 Å². The number of pyridine rings is 1. The quantitative estimate of drug-likeness (QED) is 0.586. The molecular formula is C17H12Cl3F3N4O2. The minimum absolute atomic E-state index is 0.0677. The lowest BCUT2D eigenvalue weighted by atomic mass is 10.2. The molecule has 2 aromatic heterocycles. The van der Waals surface area contributed by atoms with Crippen molar-refractivity contribution in [1.29, 1.82) is 0 Å². The zero-order valence-corrected chi connectivity index (χ0v) is 16.9. The van der Waals surface area contributed by atoms with Crippen molar-refractivity contribution >= 4 is 46.4 Å². The molecule has 0 saturated heterocycles. The summed E-state index contributed by atoms with van der Waals surface area (Å²) in [6, 6.07) is 5.30. The number of aromatic nitrogens is 3. The van der Waals surface area contributed by atoms with E-state index in [1.807, 2.05) is 0 Å². The molecule has 0 aliphatic heterocycles. The first kappa shape index (κ1) is 21.5. The van der Waals surface area contributed by atoms with E-state index in [0.717, 1.165) is 10.5 Å². The summed E-state index contributed by atoms with van der Waals surface area (Å²) >= 11 is 17.6. The zero-order valence-electron chi connectivity index (χ0n) is 14.6. The van der Waals surface area contributed by atoms with E-state index in [0.29, 0.717) is 5.02 Å². The number of carbonyl (C=O) groups excluding carboxylic acids is 1. The van der Waals surface area contributed by atoms with E-state index in [1.54, 1.807) is 6.07 Å². The molecule has 0 radical (unpaired) electrons. The van der Waals surface area contributed by atoms with Crippen LogP contribution in [-0.2, 0) is 17.5 Å². The number of benzene rings is 1. The molecule has 0 aliphatic rings. The molecule has 2 heterocycles. The maximum absolute atomic E-state index is 13.1. The fourth-order valence-corrected chi connectivity index (χ4v) is 3.12. The van der Waals surface area contributed by atoms with E-state index in [9.17, 15) is 18.0 Å². The minimum Gasteiger partial charge on any atom is -0.479 e. The van der Waals surface area contributed by atoms with Crippen LogP contribution in [0.1, 0.15) is 18.3 Å².